The monoisotopic (exact) mass is 430 g/mol. The summed E-state index contributed by atoms with van der Waals surface area (Å²) in [6, 6.07) is 14.6. The third kappa shape index (κ3) is 4.44. The Kier molecular flexibility index (Phi) is 6.00. The summed E-state index contributed by atoms with van der Waals surface area (Å²) < 4.78 is 0. The summed E-state index contributed by atoms with van der Waals surface area (Å²) in [6.45, 7) is 8.02. The minimum Gasteiger partial charge on any atom is -0.339 e. The maximum Gasteiger partial charge on any atom is 0.221 e. The molecule has 0 aliphatic heterocycles. The third-order valence-electron chi connectivity index (χ3n) is 5.32. The molecule has 0 bridgehead atoms. The quantitative estimate of drug-likeness (QED) is 0.355. The molecule has 0 aliphatic carbocycles. The van der Waals surface area contributed by atoms with Crippen LogP contribution in [0.1, 0.15) is 44.7 Å². The summed E-state index contributed by atoms with van der Waals surface area (Å²) in [5.41, 5.74) is 6.43. The molecule has 5 nitrogen and oxygen atoms in total. The number of rotatable bonds is 6. The van der Waals surface area contributed by atoms with Crippen LogP contribution in [-0.4, -0.2) is 15.9 Å². The maximum atomic E-state index is 11.5. The molecule has 4 rings (SSSR count). The molecule has 1 amide bonds. The minimum atomic E-state index is -0.0930. The molecular weight excluding hydrogens is 404 g/mol. The third-order valence-corrected chi connectivity index (χ3v) is 6.21. The molecule has 31 heavy (non-hydrogen) atoms. The van der Waals surface area contributed by atoms with Crippen LogP contribution in [0.4, 0.5) is 17.2 Å². The van der Waals surface area contributed by atoms with Gasteiger partial charge in [0.05, 0.1) is 5.39 Å². The van der Waals surface area contributed by atoms with Crippen molar-refractivity contribution in [1.82, 2.24) is 9.97 Å². The van der Waals surface area contributed by atoms with Crippen LogP contribution >= 0.6 is 11.3 Å². The van der Waals surface area contributed by atoms with E-state index in [1.807, 2.05) is 18.2 Å². The highest BCUT2D eigenvalue weighted by Gasteiger charge is 2.15. The second-order valence-corrected chi connectivity index (χ2v) is 8.72. The lowest BCUT2D eigenvalue weighted by molar-refractivity contribution is -0.114. The van der Waals surface area contributed by atoms with E-state index in [1.165, 1.54) is 12.5 Å². The van der Waals surface area contributed by atoms with Crippen LogP contribution in [0.15, 0.2) is 54.2 Å². The molecule has 2 heterocycles. The predicted octanol–water partition coefficient (Wildman–Crippen LogP) is 6.75. The van der Waals surface area contributed by atoms with E-state index in [-0.39, 0.29) is 5.91 Å². The average molecular weight is 431 g/mol. The Hall–Kier alpha value is -3.25. The topological polar surface area (TPSA) is 66.9 Å². The predicted molar refractivity (Wildman–Crippen MR) is 130 cm³/mol. The number of aromatic nitrogens is 2. The van der Waals surface area contributed by atoms with E-state index in [0.29, 0.717) is 5.92 Å². The molecule has 0 saturated heterocycles. The number of hydrogen-bond donors (Lipinski definition) is 2. The molecule has 0 fully saturated rings. The average Bonchev–Trinajstić information content (AvgIpc) is 3.19. The van der Waals surface area contributed by atoms with Gasteiger partial charge in [-0.3, -0.25) is 4.79 Å². The highest BCUT2D eigenvalue weighted by Crippen LogP contribution is 2.38. The first-order chi connectivity index (χ1) is 15.0. The molecule has 0 radical (unpaired) electrons. The first kappa shape index (κ1) is 21.0. The Bertz CT molecular complexity index is 1230. The van der Waals surface area contributed by atoms with Crippen LogP contribution < -0.4 is 10.6 Å². The van der Waals surface area contributed by atoms with Crippen LogP contribution in [0.2, 0.25) is 0 Å². The smallest absolute Gasteiger partial charge is 0.221 e. The van der Waals surface area contributed by atoms with Crippen molar-refractivity contribution in [2.45, 2.75) is 40.0 Å². The van der Waals surface area contributed by atoms with Gasteiger partial charge in [0.25, 0.3) is 0 Å². The highest BCUT2D eigenvalue weighted by atomic mass is 32.1. The summed E-state index contributed by atoms with van der Waals surface area (Å²) in [6.07, 6.45) is 2.46. The van der Waals surface area contributed by atoms with Crippen LogP contribution in [0, 0.1) is 0 Å². The second kappa shape index (κ2) is 8.86. The molecule has 0 atom stereocenters. The van der Waals surface area contributed by atoms with Crippen molar-refractivity contribution in [2.75, 3.05) is 10.6 Å². The van der Waals surface area contributed by atoms with Gasteiger partial charge in [0.15, 0.2) is 0 Å². The fourth-order valence-corrected chi connectivity index (χ4v) is 4.56. The number of benzene rings is 2. The number of carbonyl (C=O) groups is 1. The van der Waals surface area contributed by atoms with Gasteiger partial charge in [0.2, 0.25) is 5.91 Å². The minimum absolute atomic E-state index is 0.0930. The van der Waals surface area contributed by atoms with E-state index in [2.05, 4.69) is 71.0 Å². The summed E-state index contributed by atoms with van der Waals surface area (Å²) in [4.78, 5) is 21.5. The molecule has 2 aromatic carbocycles. The molecule has 6 heteroatoms. The van der Waals surface area contributed by atoms with Gasteiger partial charge < -0.3 is 10.6 Å². The van der Waals surface area contributed by atoms with Crippen molar-refractivity contribution in [3.05, 3.63) is 65.3 Å². The van der Waals surface area contributed by atoms with E-state index in [1.54, 1.807) is 17.7 Å². The Morgan fingerprint density at radius 3 is 2.55 bits per heavy atom. The number of amides is 1. The SMILES string of the molecule is CCc1ccc(NC(C)=O)cc1Nc1ncnc2scc(-c3ccc(C(C)C)cc3)c12. The summed E-state index contributed by atoms with van der Waals surface area (Å²) in [7, 11) is 0. The first-order valence-corrected chi connectivity index (χ1v) is 11.3. The number of nitrogens with one attached hydrogen (secondary N) is 2. The Morgan fingerprint density at radius 2 is 1.87 bits per heavy atom. The van der Waals surface area contributed by atoms with Gasteiger partial charge >= 0.3 is 0 Å². The van der Waals surface area contributed by atoms with Gasteiger partial charge in [-0.1, -0.05) is 51.1 Å². The van der Waals surface area contributed by atoms with Crippen molar-refractivity contribution in [3.63, 3.8) is 0 Å². The standard InChI is InChI=1S/C25H26N4OS/c1-5-17-10-11-20(28-16(4)30)12-22(17)29-24-23-21(13-31-25(23)27-14-26-24)19-8-6-18(7-9-19)15(2)3/h6-15H,5H2,1-4H3,(H,28,30)(H,26,27,29). The Morgan fingerprint density at radius 1 is 1.10 bits per heavy atom. The zero-order valence-electron chi connectivity index (χ0n) is 18.2. The number of aryl methyl sites for hydroxylation is 1. The molecule has 0 spiro atoms. The van der Waals surface area contributed by atoms with E-state index in [4.69, 9.17) is 0 Å². The largest absolute Gasteiger partial charge is 0.339 e. The maximum absolute atomic E-state index is 11.5. The van der Waals surface area contributed by atoms with Gasteiger partial charge in [-0.15, -0.1) is 11.3 Å². The number of carbonyl (C=O) groups excluding carboxylic acids is 1. The lowest BCUT2D eigenvalue weighted by Crippen LogP contribution is -2.07. The molecule has 2 aromatic heterocycles. The molecule has 4 aromatic rings. The first-order valence-electron chi connectivity index (χ1n) is 10.5. The van der Waals surface area contributed by atoms with Crippen molar-refractivity contribution < 1.29 is 4.79 Å². The van der Waals surface area contributed by atoms with Crippen molar-refractivity contribution in [3.8, 4) is 11.1 Å². The second-order valence-electron chi connectivity index (χ2n) is 7.86. The lowest BCUT2D eigenvalue weighted by Gasteiger charge is -2.14. The van der Waals surface area contributed by atoms with Crippen molar-refractivity contribution in [1.29, 1.82) is 0 Å². The molecule has 0 unspecified atom stereocenters. The normalized spacial score (nSPS) is 11.1. The molecule has 158 valence electrons. The number of nitrogens with zero attached hydrogens (tertiary/aromatic N) is 2. The number of fused-ring (bicyclic) bond motifs is 1. The zero-order valence-corrected chi connectivity index (χ0v) is 19.0. The molecular formula is C25H26N4OS. The molecule has 2 N–H and O–H groups in total. The highest BCUT2D eigenvalue weighted by molar-refractivity contribution is 7.17. The lowest BCUT2D eigenvalue weighted by atomic mass is 9.99. The molecule has 0 aliphatic rings. The zero-order chi connectivity index (χ0) is 22.0. The van der Waals surface area contributed by atoms with Crippen LogP contribution in [-0.2, 0) is 11.2 Å². The summed E-state index contributed by atoms with van der Waals surface area (Å²) >= 11 is 1.62. The van der Waals surface area contributed by atoms with Crippen LogP contribution in [0.25, 0.3) is 21.3 Å². The van der Waals surface area contributed by atoms with Gasteiger partial charge in [-0.25, -0.2) is 9.97 Å². The van der Waals surface area contributed by atoms with E-state index >= 15 is 0 Å². The number of hydrogen-bond acceptors (Lipinski definition) is 5. The van der Waals surface area contributed by atoms with Gasteiger partial charge in [0.1, 0.15) is 17.0 Å². The molecule has 0 saturated carbocycles. The number of thiophene rings is 1. The van der Waals surface area contributed by atoms with Gasteiger partial charge in [-0.05, 0) is 41.2 Å². The summed E-state index contributed by atoms with van der Waals surface area (Å²) in [5.74, 6) is 1.17. The Balaban J connectivity index is 1.77. The van der Waals surface area contributed by atoms with E-state index in [9.17, 15) is 4.79 Å². The van der Waals surface area contributed by atoms with Crippen molar-refractivity contribution in [2.24, 2.45) is 0 Å². The van der Waals surface area contributed by atoms with Gasteiger partial charge in [0, 0.05) is 29.2 Å². The Labute approximate surface area is 186 Å². The fourth-order valence-electron chi connectivity index (χ4n) is 3.64. The van der Waals surface area contributed by atoms with Gasteiger partial charge in [-0.2, -0.15) is 0 Å². The van der Waals surface area contributed by atoms with Crippen molar-refractivity contribution >= 4 is 44.7 Å². The van der Waals surface area contributed by atoms with Crippen LogP contribution in [0.5, 0.6) is 0 Å². The van der Waals surface area contributed by atoms with E-state index in [0.717, 1.165) is 50.5 Å². The number of anilines is 3. The summed E-state index contributed by atoms with van der Waals surface area (Å²) in [5, 5.41) is 9.52. The van der Waals surface area contributed by atoms with Crippen LogP contribution in [0.3, 0.4) is 0 Å². The fraction of sp³-hybridized carbons (Fsp3) is 0.240. The van der Waals surface area contributed by atoms with E-state index < -0.39 is 0 Å².